The molecular weight excluding hydrogens is 298 g/mol. The summed E-state index contributed by atoms with van der Waals surface area (Å²) < 4.78 is 6.08. The van der Waals surface area contributed by atoms with Crippen LogP contribution in [0.2, 0.25) is 0 Å². The molecule has 114 valence electrons. The second kappa shape index (κ2) is 5.21. The lowest BCUT2D eigenvalue weighted by Crippen LogP contribution is -2.36. The molecule has 1 heterocycles. The summed E-state index contributed by atoms with van der Waals surface area (Å²) in [5, 5.41) is 4.12. The van der Waals surface area contributed by atoms with E-state index in [9.17, 15) is 4.79 Å². The van der Waals surface area contributed by atoms with Crippen molar-refractivity contribution >= 4 is 34.6 Å². The fourth-order valence-corrected chi connectivity index (χ4v) is 2.78. The second-order valence-electron chi connectivity index (χ2n) is 5.98. The van der Waals surface area contributed by atoms with Crippen LogP contribution in [0.5, 0.6) is 0 Å². The zero-order valence-electron chi connectivity index (χ0n) is 12.5. The number of ketones is 1. The second-order valence-corrected chi connectivity index (χ2v) is 6.42. The summed E-state index contributed by atoms with van der Waals surface area (Å²) in [7, 11) is 0. The van der Waals surface area contributed by atoms with Crippen molar-refractivity contribution in [2.75, 3.05) is 0 Å². The van der Waals surface area contributed by atoms with E-state index in [-0.39, 0.29) is 16.5 Å². The predicted octanol–water partition coefficient (Wildman–Crippen LogP) is 2.11. The van der Waals surface area contributed by atoms with Crippen LogP contribution in [-0.2, 0) is 9.53 Å². The van der Waals surface area contributed by atoms with Crippen LogP contribution >= 0.6 is 12.2 Å². The Morgan fingerprint density at radius 3 is 2.73 bits per heavy atom. The zero-order chi connectivity index (χ0) is 15.9. The number of carbonyl (C=O) groups excluding carboxylic acids is 1. The third kappa shape index (κ3) is 2.50. The molecule has 22 heavy (non-hydrogen) atoms. The van der Waals surface area contributed by atoms with Gasteiger partial charge < -0.3 is 10.5 Å². The number of benzene rings is 1. The van der Waals surface area contributed by atoms with Gasteiger partial charge in [-0.25, -0.2) is 0 Å². The standard InChI is InChI=1S/C16H17N3O2S/c1-16(2)8-7-11-13(20)12(18-19-15(17)22)9-5-3-4-6-10(9)14(11)21-16/h3-6H,7-8H2,1-2H3,(H3,17,19,22)/b18-12+. The molecule has 0 amide bonds. The van der Waals surface area contributed by atoms with E-state index in [1.54, 1.807) is 0 Å². The molecule has 0 radical (unpaired) electrons. The molecule has 0 unspecified atom stereocenters. The summed E-state index contributed by atoms with van der Waals surface area (Å²) in [5.74, 6) is 0.541. The Morgan fingerprint density at radius 1 is 1.36 bits per heavy atom. The van der Waals surface area contributed by atoms with Gasteiger partial charge in [-0.05, 0) is 38.9 Å². The largest absolute Gasteiger partial charge is 0.487 e. The molecule has 6 heteroatoms. The molecule has 3 rings (SSSR count). The first-order valence-electron chi connectivity index (χ1n) is 7.09. The van der Waals surface area contributed by atoms with E-state index in [4.69, 9.17) is 22.7 Å². The maximum Gasteiger partial charge on any atom is 0.213 e. The number of allylic oxidation sites excluding steroid dienone is 1. The summed E-state index contributed by atoms with van der Waals surface area (Å²) in [4.78, 5) is 12.8. The Bertz CT molecular complexity index is 735. The molecule has 0 fully saturated rings. The van der Waals surface area contributed by atoms with Gasteiger partial charge in [0.25, 0.3) is 0 Å². The van der Waals surface area contributed by atoms with Gasteiger partial charge in [-0.3, -0.25) is 10.2 Å². The molecule has 3 N–H and O–H groups in total. The molecule has 0 saturated heterocycles. The summed E-state index contributed by atoms with van der Waals surface area (Å²) >= 11 is 4.76. The number of nitrogens with two attached hydrogens (primary N) is 1. The van der Waals surface area contributed by atoms with Crippen molar-refractivity contribution in [1.29, 1.82) is 0 Å². The van der Waals surface area contributed by atoms with Crippen LogP contribution in [0, 0.1) is 0 Å². The Balaban J connectivity index is 2.15. The lowest BCUT2D eigenvalue weighted by atomic mass is 9.82. The fraction of sp³-hybridized carbons (Fsp3) is 0.312. The number of nitrogens with zero attached hydrogens (tertiary/aromatic N) is 1. The Morgan fingerprint density at radius 2 is 2.05 bits per heavy atom. The predicted molar refractivity (Wildman–Crippen MR) is 89.2 cm³/mol. The summed E-state index contributed by atoms with van der Waals surface area (Å²) in [5.41, 5.74) is 10.2. The average molecular weight is 315 g/mol. The highest BCUT2D eigenvalue weighted by molar-refractivity contribution is 7.80. The van der Waals surface area contributed by atoms with Crippen molar-refractivity contribution in [3.63, 3.8) is 0 Å². The fourth-order valence-electron chi connectivity index (χ4n) is 2.74. The zero-order valence-corrected chi connectivity index (χ0v) is 13.3. The Labute approximate surface area is 134 Å². The topological polar surface area (TPSA) is 76.7 Å². The van der Waals surface area contributed by atoms with E-state index in [2.05, 4.69) is 10.5 Å². The smallest absolute Gasteiger partial charge is 0.213 e. The minimum Gasteiger partial charge on any atom is -0.487 e. The average Bonchev–Trinajstić information content (AvgIpc) is 2.46. The Hall–Kier alpha value is -2.21. The molecule has 0 spiro atoms. The van der Waals surface area contributed by atoms with E-state index in [0.29, 0.717) is 23.5 Å². The van der Waals surface area contributed by atoms with Gasteiger partial charge in [-0.2, -0.15) is 5.10 Å². The number of hydrogen-bond acceptors (Lipinski definition) is 4. The van der Waals surface area contributed by atoms with Gasteiger partial charge in [0.2, 0.25) is 5.78 Å². The minimum absolute atomic E-state index is 0.0265. The van der Waals surface area contributed by atoms with Gasteiger partial charge in [-0.1, -0.05) is 24.3 Å². The quantitative estimate of drug-likeness (QED) is 0.613. The normalized spacial score (nSPS) is 21.0. The van der Waals surface area contributed by atoms with Crippen LogP contribution < -0.4 is 11.2 Å². The van der Waals surface area contributed by atoms with Crippen LogP contribution in [0.1, 0.15) is 37.8 Å². The van der Waals surface area contributed by atoms with Gasteiger partial charge in [0.15, 0.2) is 5.11 Å². The first-order chi connectivity index (χ1) is 10.4. The SMILES string of the molecule is CC1(C)CCC2=C(O1)c1ccccc1/C(=N\NC(N)=S)C2=O. The van der Waals surface area contributed by atoms with Crippen LogP contribution in [0.25, 0.3) is 5.76 Å². The molecule has 1 aliphatic heterocycles. The highest BCUT2D eigenvalue weighted by atomic mass is 32.1. The van der Waals surface area contributed by atoms with Crippen molar-refractivity contribution in [3.8, 4) is 0 Å². The number of ether oxygens (including phenoxy) is 1. The monoisotopic (exact) mass is 315 g/mol. The van der Waals surface area contributed by atoms with Crippen molar-refractivity contribution in [2.24, 2.45) is 10.8 Å². The molecule has 0 aromatic heterocycles. The van der Waals surface area contributed by atoms with Crippen LogP contribution in [-0.4, -0.2) is 22.2 Å². The minimum atomic E-state index is -0.280. The molecule has 0 saturated carbocycles. The van der Waals surface area contributed by atoms with E-state index < -0.39 is 0 Å². The molecule has 0 atom stereocenters. The van der Waals surface area contributed by atoms with E-state index in [1.165, 1.54) is 0 Å². The van der Waals surface area contributed by atoms with Gasteiger partial charge in [-0.15, -0.1) is 0 Å². The first-order valence-corrected chi connectivity index (χ1v) is 7.50. The van der Waals surface area contributed by atoms with E-state index in [0.717, 1.165) is 17.5 Å². The van der Waals surface area contributed by atoms with Gasteiger partial charge in [0.05, 0.1) is 0 Å². The molecule has 5 nitrogen and oxygen atoms in total. The third-order valence-electron chi connectivity index (χ3n) is 3.82. The van der Waals surface area contributed by atoms with Crippen LogP contribution in [0.4, 0.5) is 0 Å². The van der Waals surface area contributed by atoms with Crippen LogP contribution in [0.3, 0.4) is 0 Å². The van der Waals surface area contributed by atoms with E-state index in [1.807, 2.05) is 38.1 Å². The summed E-state index contributed by atoms with van der Waals surface area (Å²) in [6.45, 7) is 4.06. The number of nitrogens with one attached hydrogen (secondary N) is 1. The number of rotatable bonds is 1. The maximum atomic E-state index is 12.8. The Kier molecular flexibility index (Phi) is 3.48. The lowest BCUT2D eigenvalue weighted by Gasteiger charge is -2.36. The molecule has 1 aromatic rings. The highest BCUT2D eigenvalue weighted by Gasteiger charge is 2.38. The molecule has 1 aromatic carbocycles. The molecule has 2 aliphatic rings. The van der Waals surface area contributed by atoms with Crippen molar-refractivity contribution < 1.29 is 9.53 Å². The number of thiocarbonyl (C=S) groups is 1. The van der Waals surface area contributed by atoms with Gasteiger partial charge >= 0.3 is 0 Å². The summed E-state index contributed by atoms with van der Waals surface area (Å²) in [6, 6.07) is 7.57. The van der Waals surface area contributed by atoms with Gasteiger partial charge in [0, 0.05) is 16.7 Å². The van der Waals surface area contributed by atoms with Crippen molar-refractivity contribution in [1.82, 2.24) is 5.43 Å². The first kappa shape index (κ1) is 14.7. The van der Waals surface area contributed by atoms with E-state index >= 15 is 0 Å². The molecular formula is C16H17N3O2S. The number of carbonyl (C=O) groups is 1. The summed E-state index contributed by atoms with van der Waals surface area (Å²) in [6.07, 6.45) is 1.46. The number of hydrogen-bond donors (Lipinski definition) is 2. The number of hydrazone groups is 1. The van der Waals surface area contributed by atoms with Crippen molar-refractivity contribution in [3.05, 3.63) is 41.0 Å². The molecule has 0 bridgehead atoms. The van der Waals surface area contributed by atoms with Gasteiger partial charge in [0.1, 0.15) is 17.1 Å². The van der Waals surface area contributed by atoms with Crippen LogP contribution in [0.15, 0.2) is 34.9 Å². The number of fused-ring (bicyclic) bond motifs is 2. The number of Topliss-reactive ketones (excluding diaryl/α,β-unsaturated/α-hetero) is 1. The third-order valence-corrected chi connectivity index (χ3v) is 3.91. The van der Waals surface area contributed by atoms with Crippen molar-refractivity contribution in [2.45, 2.75) is 32.3 Å². The maximum absolute atomic E-state index is 12.8. The highest BCUT2D eigenvalue weighted by Crippen LogP contribution is 2.41. The molecule has 1 aliphatic carbocycles. The lowest BCUT2D eigenvalue weighted by molar-refractivity contribution is -0.110.